The first-order valence-electron chi connectivity index (χ1n) is 6.92. The van der Waals surface area contributed by atoms with Crippen molar-refractivity contribution in [3.8, 4) is 0 Å². The predicted octanol–water partition coefficient (Wildman–Crippen LogP) is 4.80. The number of carbonyl (C=O) groups is 1. The molecule has 0 saturated heterocycles. The summed E-state index contributed by atoms with van der Waals surface area (Å²) < 4.78 is 5.53. The van der Waals surface area contributed by atoms with Crippen molar-refractivity contribution in [3.63, 3.8) is 0 Å². The molecule has 2 heteroatoms. The minimum Gasteiger partial charge on any atom is -0.455 e. The fraction of sp³-hybridized carbons (Fsp3) is 0.688. The van der Waals surface area contributed by atoms with Crippen LogP contribution in [0.15, 0.2) is 24.3 Å². The number of unbranched alkanes of at least 4 members (excludes halogenated alkanes) is 2. The van der Waals surface area contributed by atoms with Gasteiger partial charge in [0.25, 0.3) is 0 Å². The van der Waals surface area contributed by atoms with Gasteiger partial charge in [-0.2, -0.15) is 0 Å². The smallest absolute Gasteiger partial charge is 0.306 e. The highest BCUT2D eigenvalue weighted by Crippen LogP contribution is 2.21. The summed E-state index contributed by atoms with van der Waals surface area (Å²) in [7, 11) is 0. The Hall–Kier alpha value is -1.05. The maximum absolute atomic E-state index is 11.7. The Balaban J connectivity index is 4.16. The van der Waals surface area contributed by atoms with Crippen LogP contribution in [0.25, 0.3) is 0 Å². The van der Waals surface area contributed by atoms with Crippen LogP contribution in [0.3, 0.4) is 0 Å². The van der Waals surface area contributed by atoms with Crippen LogP contribution in [0.4, 0.5) is 0 Å². The number of hydrogen-bond donors (Lipinski definition) is 0. The van der Waals surface area contributed by atoms with E-state index in [1.54, 1.807) is 6.08 Å². The minimum absolute atomic E-state index is 0.108. The highest BCUT2D eigenvalue weighted by atomic mass is 16.6. The summed E-state index contributed by atoms with van der Waals surface area (Å²) in [5, 5.41) is 0. The molecule has 0 aliphatic heterocycles. The molecular weight excluding hydrogens is 224 g/mol. The van der Waals surface area contributed by atoms with Gasteiger partial charge in [0, 0.05) is 6.42 Å². The second kappa shape index (κ2) is 8.96. The first-order valence-corrected chi connectivity index (χ1v) is 6.92. The molecule has 2 nitrogen and oxygen atoms in total. The lowest BCUT2D eigenvalue weighted by Crippen LogP contribution is -2.29. The fourth-order valence-corrected chi connectivity index (χ4v) is 1.67. The Kier molecular flexibility index (Phi) is 8.43. The third-order valence-electron chi connectivity index (χ3n) is 2.96. The van der Waals surface area contributed by atoms with Crippen molar-refractivity contribution in [2.24, 2.45) is 0 Å². The van der Waals surface area contributed by atoms with Crippen molar-refractivity contribution in [2.75, 3.05) is 0 Å². The minimum atomic E-state index is -0.532. The van der Waals surface area contributed by atoms with Gasteiger partial charge in [0.1, 0.15) is 5.60 Å². The Morgan fingerprint density at radius 1 is 1.33 bits per heavy atom. The summed E-state index contributed by atoms with van der Waals surface area (Å²) in [6.07, 6.45) is 9.23. The van der Waals surface area contributed by atoms with Crippen molar-refractivity contribution < 1.29 is 9.53 Å². The van der Waals surface area contributed by atoms with E-state index in [4.69, 9.17) is 4.74 Å². The molecular formula is C16H28O2. The maximum atomic E-state index is 11.7. The van der Waals surface area contributed by atoms with Gasteiger partial charge in [0.2, 0.25) is 0 Å². The lowest BCUT2D eigenvalue weighted by Gasteiger charge is -2.25. The van der Waals surface area contributed by atoms with E-state index in [1.165, 1.54) is 5.57 Å². The lowest BCUT2D eigenvalue weighted by molar-refractivity contribution is -0.154. The first kappa shape index (κ1) is 16.9. The van der Waals surface area contributed by atoms with Gasteiger partial charge in [-0.1, -0.05) is 38.0 Å². The van der Waals surface area contributed by atoms with Gasteiger partial charge in [-0.3, -0.25) is 4.79 Å². The van der Waals surface area contributed by atoms with Crippen LogP contribution in [0.1, 0.15) is 66.2 Å². The molecule has 0 bridgehead atoms. The van der Waals surface area contributed by atoms with Crippen LogP contribution in [0.2, 0.25) is 0 Å². The number of rotatable bonds is 9. The van der Waals surface area contributed by atoms with E-state index < -0.39 is 5.60 Å². The monoisotopic (exact) mass is 252 g/mol. The topological polar surface area (TPSA) is 26.3 Å². The zero-order valence-corrected chi connectivity index (χ0v) is 12.4. The van der Waals surface area contributed by atoms with Crippen LogP contribution < -0.4 is 0 Å². The molecule has 0 amide bonds. The second-order valence-corrected chi connectivity index (χ2v) is 5.27. The Bertz CT molecular complexity index is 287. The van der Waals surface area contributed by atoms with Crippen molar-refractivity contribution in [1.82, 2.24) is 0 Å². The number of hydrogen-bond acceptors (Lipinski definition) is 2. The Labute approximate surface area is 112 Å². The molecule has 0 heterocycles. The predicted molar refractivity (Wildman–Crippen MR) is 77.5 cm³/mol. The van der Waals surface area contributed by atoms with Crippen LogP contribution in [-0.4, -0.2) is 11.6 Å². The number of carbonyl (C=O) groups excluding carboxylic acids is 1. The molecule has 0 aliphatic carbocycles. The van der Waals surface area contributed by atoms with E-state index in [2.05, 4.69) is 33.4 Å². The van der Waals surface area contributed by atoms with Gasteiger partial charge in [-0.15, -0.1) is 0 Å². The van der Waals surface area contributed by atoms with E-state index >= 15 is 0 Å². The number of esters is 1. The molecule has 0 saturated carbocycles. The Morgan fingerprint density at radius 3 is 2.50 bits per heavy atom. The molecule has 0 aliphatic rings. The first-order chi connectivity index (χ1) is 8.43. The molecule has 18 heavy (non-hydrogen) atoms. The number of allylic oxidation sites excluding steroid dienone is 2. The SMILES string of the molecule is C=C[C@@](C)(CCC=C(C)C)OC(=O)CCCCC. The average Bonchev–Trinajstić information content (AvgIpc) is 2.28. The van der Waals surface area contributed by atoms with Crippen LogP contribution in [-0.2, 0) is 9.53 Å². The summed E-state index contributed by atoms with van der Waals surface area (Å²) in [5.41, 5.74) is 0.755. The zero-order valence-electron chi connectivity index (χ0n) is 12.4. The molecule has 0 N–H and O–H groups in total. The maximum Gasteiger partial charge on any atom is 0.306 e. The van der Waals surface area contributed by atoms with Gasteiger partial charge in [0.15, 0.2) is 0 Å². The van der Waals surface area contributed by atoms with E-state index in [0.717, 1.165) is 32.1 Å². The number of ether oxygens (including phenoxy) is 1. The summed E-state index contributed by atoms with van der Waals surface area (Å²) in [4.78, 5) is 11.7. The van der Waals surface area contributed by atoms with Crippen LogP contribution in [0.5, 0.6) is 0 Å². The standard InChI is InChI=1S/C16H28O2/c1-6-8-9-12-15(17)18-16(5,7-2)13-10-11-14(3)4/h7,11H,2,6,8-10,12-13H2,1,3-5H3/t16-/m0/s1. The highest BCUT2D eigenvalue weighted by molar-refractivity contribution is 5.70. The van der Waals surface area contributed by atoms with Gasteiger partial charge in [-0.05, 0) is 46.1 Å². The van der Waals surface area contributed by atoms with E-state index in [0.29, 0.717) is 6.42 Å². The molecule has 0 aromatic carbocycles. The summed E-state index contributed by atoms with van der Waals surface area (Å²) >= 11 is 0. The average molecular weight is 252 g/mol. The van der Waals surface area contributed by atoms with Crippen molar-refractivity contribution in [3.05, 3.63) is 24.3 Å². The molecule has 1 atom stereocenters. The summed E-state index contributed by atoms with van der Waals surface area (Å²) in [5.74, 6) is -0.108. The zero-order chi connectivity index (χ0) is 14.0. The van der Waals surface area contributed by atoms with Gasteiger partial charge in [0.05, 0.1) is 0 Å². The van der Waals surface area contributed by atoms with Gasteiger partial charge >= 0.3 is 5.97 Å². The molecule has 0 spiro atoms. The third-order valence-corrected chi connectivity index (χ3v) is 2.96. The van der Waals surface area contributed by atoms with Crippen molar-refractivity contribution in [1.29, 1.82) is 0 Å². The van der Waals surface area contributed by atoms with Crippen LogP contribution in [0, 0.1) is 0 Å². The normalized spacial score (nSPS) is 13.6. The third kappa shape index (κ3) is 8.10. The summed E-state index contributed by atoms with van der Waals surface area (Å²) in [6, 6.07) is 0. The fourth-order valence-electron chi connectivity index (χ4n) is 1.67. The molecule has 0 rings (SSSR count). The van der Waals surface area contributed by atoms with E-state index in [9.17, 15) is 4.79 Å². The second-order valence-electron chi connectivity index (χ2n) is 5.27. The van der Waals surface area contributed by atoms with Gasteiger partial charge < -0.3 is 4.74 Å². The molecule has 104 valence electrons. The van der Waals surface area contributed by atoms with E-state index in [-0.39, 0.29) is 5.97 Å². The molecule has 0 aromatic heterocycles. The van der Waals surface area contributed by atoms with Crippen molar-refractivity contribution >= 4 is 5.97 Å². The Morgan fingerprint density at radius 2 is 2.00 bits per heavy atom. The van der Waals surface area contributed by atoms with Crippen LogP contribution >= 0.6 is 0 Å². The van der Waals surface area contributed by atoms with E-state index in [1.807, 2.05) is 6.92 Å². The van der Waals surface area contributed by atoms with Crippen molar-refractivity contribution in [2.45, 2.75) is 71.8 Å². The van der Waals surface area contributed by atoms with Gasteiger partial charge in [-0.25, -0.2) is 0 Å². The molecule has 0 radical (unpaired) electrons. The molecule has 0 fully saturated rings. The molecule has 0 aromatic rings. The largest absolute Gasteiger partial charge is 0.455 e. The molecule has 0 unspecified atom stereocenters. The highest BCUT2D eigenvalue weighted by Gasteiger charge is 2.23. The summed E-state index contributed by atoms with van der Waals surface area (Å²) in [6.45, 7) is 12.0. The lowest BCUT2D eigenvalue weighted by atomic mass is 9.99. The quantitative estimate of drug-likeness (QED) is 0.335.